The summed E-state index contributed by atoms with van der Waals surface area (Å²) in [5.41, 5.74) is 0. The lowest BCUT2D eigenvalue weighted by molar-refractivity contribution is -0.147. The molecule has 11 heteroatoms. The summed E-state index contributed by atoms with van der Waals surface area (Å²) in [4.78, 5) is 26.9. The second-order valence-electron chi connectivity index (χ2n) is 8.72. The molecule has 1 unspecified atom stereocenters. The Labute approximate surface area is 173 Å². The summed E-state index contributed by atoms with van der Waals surface area (Å²) < 4.78 is 27.5. The Hall–Kier alpha value is -0.569. The van der Waals surface area contributed by atoms with Crippen LogP contribution in [0.3, 0.4) is 0 Å². The summed E-state index contributed by atoms with van der Waals surface area (Å²) in [6.45, 7) is 12.2. The maximum Gasteiger partial charge on any atom is 0.500 e. The maximum absolute atomic E-state index is 12.7. The maximum atomic E-state index is 12.7. The van der Waals surface area contributed by atoms with E-state index in [9.17, 15) is 9.59 Å². The van der Waals surface area contributed by atoms with E-state index in [0.29, 0.717) is 19.0 Å². The van der Waals surface area contributed by atoms with Gasteiger partial charge < -0.3 is 22.1 Å². The van der Waals surface area contributed by atoms with Crippen LogP contribution in [0.2, 0.25) is 45.3 Å². The second-order valence-corrected chi connectivity index (χ2v) is 20.7. The van der Waals surface area contributed by atoms with Gasteiger partial charge in [0, 0.05) is 27.4 Å². The molecule has 166 valence electrons. The fourth-order valence-electron chi connectivity index (χ4n) is 2.59. The van der Waals surface area contributed by atoms with Gasteiger partial charge in [-0.1, -0.05) is 0 Å². The molecule has 0 aliphatic heterocycles. The van der Waals surface area contributed by atoms with Crippen LogP contribution >= 0.6 is 0 Å². The normalized spacial score (nSPS) is 14.1. The number of rotatable bonds is 13. The van der Waals surface area contributed by atoms with Crippen molar-refractivity contribution in [2.75, 3.05) is 34.9 Å². The standard InChI is InChI=1S/C17H39NO7Si3/c1-18(12-11-13-28(21-2,22-3)23-4)15(17(20)25-27(8,9)10)14-16(19)24-26(5,6)7/h15H,11-14H2,1-10H3. The predicted molar refractivity (Wildman–Crippen MR) is 116 cm³/mol. The van der Waals surface area contributed by atoms with Crippen molar-refractivity contribution in [3.8, 4) is 0 Å². The quantitative estimate of drug-likeness (QED) is 0.394. The number of hydrogen-bond acceptors (Lipinski definition) is 8. The van der Waals surface area contributed by atoms with Crippen LogP contribution in [-0.2, 0) is 31.7 Å². The first-order valence-electron chi connectivity index (χ1n) is 9.49. The van der Waals surface area contributed by atoms with Crippen molar-refractivity contribution in [1.29, 1.82) is 0 Å². The van der Waals surface area contributed by atoms with E-state index >= 15 is 0 Å². The average Bonchev–Trinajstić information content (AvgIpc) is 2.53. The van der Waals surface area contributed by atoms with Gasteiger partial charge in [-0.2, -0.15) is 0 Å². The fraction of sp³-hybridized carbons (Fsp3) is 0.882. The molecule has 0 radical (unpaired) electrons. The molecule has 0 aliphatic rings. The highest BCUT2D eigenvalue weighted by Crippen LogP contribution is 2.18. The Morgan fingerprint density at radius 1 is 0.857 bits per heavy atom. The highest BCUT2D eigenvalue weighted by molar-refractivity contribution is 6.71. The minimum atomic E-state index is -2.67. The third-order valence-corrected chi connectivity index (χ3v) is 8.40. The minimum absolute atomic E-state index is 0.0223. The Balaban J connectivity index is 5.12. The zero-order chi connectivity index (χ0) is 22.2. The highest BCUT2D eigenvalue weighted by Gasteiger charge is 2.38. The number of likely N-dealkylation sites (N-methyl/N-ethyl adjacent to an activating group) is 1. The van der Waals surface area contributed by atoms with E-state index in [4.69, 9.17) is 22.1 Å². The number of nitrogens with zero attached hydrogens (tertiary/aromatic N) is 1. The van der Waals surface area contributed by atoms with E-state index < -0.39 is 31.5 Å². The Morgan fingerprint density at radius 2 is 1.32 bits per heavy atom. The largest absolute Gasteiger partial charge is 0.520 e. The molecule has 0 aromatic rings. The average molecular weight is 454 g/mol. The van der Waals surface area contributed by atoms with Crippen molar-refractivity contribution in [1.82, 2.24) is 4.90 Å². The number of carbonyl (C=O) groups is 2. The monoisotopic (exact) mass is 453 g/mol. The molecule has 0 saturated carbocycles. The number of carbonyl (C=O) groups excluding carboxylic acids is 2. The topological polar surface area (TPSA) is 83.5 Å². The van der Waals surface area contributed by atoms with Gasteiger partial charge in [-0.3, -0.25) is 14.5 Å². The molecule has 1 atom stereocenters. The van der Waals surface area contributed by atoms with E-state index in [1.54, 1.807) is 21.3 Å². The Bertz CT molecular complexity index is 494. The molecule has 0 spiro atoms. The molecule has 8 nitrogen and oxygen atoms in total. The van der Waals surface area contributed by atoms with Crippen molar-refractivity contribution in [3.05, 3.63) is 0 Å². The summed E-state index contributed by atoms with van der Waals surface area (Å²) >= 11 is 0. The minimum Gasteiger partial charge on any atom is -0.520 e. The van der Waals surface area contributed by atoms with Crippen molar-refractivity contribution in [3.63, 3.8) is 0 Å². The van der Waals surface area contributed by atoms with Gasteiger partial charge in [0.25, 0.3) is 5.97 Å². The first-order valence-corrected chi connectivity index (χ1v) is 18.2. The summed E-state index contributed by atoms with van der Waals surface area (Å²) in [6.07, 6.45) is 0.670. The lowest BCUT2D eigenvalue weighted by Gasteiger charge is -2.30. The van der Waals surface area contributed by atoms with Crippen LogP contribution in [0.1, 0.15) is 12.8 Å². The molecule has 0 fully saturated rings. The van der Waals surface area contributed by atoms with Crippen LogP contribution in [0.4, 0.5) is 0 Å². The smallest absolute Gasteiger partial charge is 0.500 e. The lowest BCUT2D eigenvalue weighted by atomic mass is 10.2. The molecule has 0 aromatic heterocycles. The zero-order valence-corrected chi connectivity index (χ0v) is 22.2. The van der Waals surface area contributed by atoms with Gasteiger partial charge in [-0.15, -0.1) is 0 Å². The first kappa shape index (κ1) is 27.4. The number of hydrogen-bond donors (Lipinski definition) is 0. The Morgan fingerprint density at radius 3 is 1.71 bits per heavy atom. The van der Waals surface area contributed by atoms with Crippen molar-refractivity contribution < 1.29 is 31.7 Å². The van der Waals surface area contributed by atoms with Crippen LogP contribution in [0.15, 0.2) is 0 Å². The zero-order valence-electron chi connectivity index (χ0n) is 19.2. The molecule has 0 heterocycles. The van der Waals surface area contributed by atoms with Crippen LogP contribution in [0.25, 0.3) is 0 Å². The van der Waals surface area contributed by atoms with Crippen LogP contribution in [0.5, 0.6) is 0 Å². The van der Waals surface area contributed by atoms with Gasteiger partial charge in [-0.05, 0) is 59.3 Å². The van der Waals surface area contributed by atoms with Gasteiger partial charge in [0.05, 0.1) is 6.42 Å². The predicted octanol–water partition coefficient (Wildman–Crippen LogP) is 2.70. The molecule has 0 aromatic carbocycles. The summed E-state index contributed by atoms with van der Waals surface area (Å²) in [6, 6.07) is -0.0741. The molecule has 0 aliphatic carbocycles. The molecular formula is C17H39NO7Si3. The van der Waals surface area contributed by atoms with E-state index in [1.165, 1.54) is 0 Å². The molecule has 0 amide bonds. The fourth-order valence-corrected chi connectivity index (χ4v) is 5.80. The molecule has 0 bridgehead atoms. The molecule has 0 saturated heterocycles. The molecule has 0 rings (SSSR count). The van der Waals surface area contributed by atoms with Crippen LogP contribution in [0, 0.1) is 0 Å². The third-order valence-electron chi connectivity index (χ3n) is 3.92. The highest BCUT2D eigenvalue weighted by atomic mass is 28.4. The third kappa shape index (κ3) is 10.8. The van der Waals surface area contributed by atoms with Crippen molar-refractivity contribution in [2.45, 2.75) is 64.2 Å². The lowest BCUT2D eigenvalue weighted by Crippen LogP contribution is -2.47. The van der Waals surface area contributed by atoms with E-state index in [-0.39, 0.29) is 18.4 Å². The molecular weight excluding hydrogens is 414 g/mol. The van der Waals surface area contributed by atoms with Gasteiger partial charge in [0.1, 0.15) is 6.04 Å². The SMILES string of the molecule is CO[Si](CCCN(C)C(CC(=O)O[Si](C)(C)C)C(=O)O[Si](C)(C)C)(OC)OC. The van der Waals surface area contributed by atoms with Gasteiger partial charge >= 0.3 is 14.8 Å². The Kier molecular flexibility index (Phi) is 11.3. The summed E-state index contributed by atoms with van der Waals surface area (Å²) in [5, 5.41) is 0. The van der Waals surface area contributed by atoms with Crippen molar-refractivity contribution >= 4 is 37.4 Å². The first-order chi connectivity index (χ1) is 12.7. The van der Waals surface area contributed by atoms with Gasteiger partial charge in [0.2, 0.25) is 16.6 Å². The van der Waals surface area contributed by atoms with E-state index in [2.05, 4.69) is 0 Å². The summed E-state index contributed by atoms with van der Waals surface area (Å²) in [5.74, 6) is -0.735. The van der Waals surface area contributed by atoms with Crippen LogP contribution in [-0.4, -0.2) is 83.2 Å². The van der Waals surface area contributed by atoms with Crippen LogP contribution < -0.4 is 0 Å². The molecule has 28 heavy (non-hydrogen) atoms. The van der Waals surface area contributed by atoms with Gasteiger partial charge in [0.15, 0.2) is 0 Å². The van der Waals surface area contributed by atoms with Crippen molar-refractivity contribution in [2.24, 2.45) is 0 Å². The van der Waals surface area contributed by atoms with Gasteiger partial charge in [-0.25, -0.2) is 0 Å². The second kappa shape index (κ2) is 11.6. The molecule has 0 N–H and O–H groups in total. The summed E-state index contributed by atoms with van der Waals surface area (Å²) in [7, 11) is -0.241. The van der Waals surface area contributed by atoms with E-state index in [0.717, 1.165) is 0 Å². The van der Waals surface area contributed by atoms with E-state index in [1.807, 2.05) is 51.2 Å².